The van der Waals surface area contributed by atoms with Gasteiger partial charge in [-0.2, -0.15) is 0 Å². The summed E-state index contributed by atoms with van der Waals surface area (Å²) in [4.78, 5) is 11.6. The predicted molar refractivity (Wildman–Crippen MR) is 64.2 cm³/mol. The molecule has 4 heteroatoms. The quantitative estimate of drug-likeness (QED) is 0.616. The topological polar surface area (TPSA) is 57.2 Å². The fraction of sp³-hybridized carbons (Fsp3) is 0.583. The van der Waals surface area contributed by atoms with Crippen LogP contribution in [0.15, 0.2) is 12.3 Å². The van der Waals surface area contributed by atoms with E-state index in [1.807, 2.05) is 0 Å². The van der Waals surface area contributed by atoms with E-state index in [9.17, 15) is 4.79 Å². The van der Waals surface area contributed by atoms with E-state index in [2.05, 4.69) is 13.8 Å². The van der Waals surface area contributed by atoms with Crippen molar-refractivity contribution in [2.24, 2.45) is 13.0 Å². The van der Waals surface area contributed by atoms with Crippen molar-refractivity contribution in [1.29, 1.82) is 0 Å². The SMILES string of the molecule is CC(C)CCCOC(=O)c1cc(N)cn1C. The summed E-state index contributed by atoms with van der Waals surface area (Å²) in [5.74, 6) is 0.340. The molecular formula is C12H20N2O2. The number of nitrogens with two attached hydrogens (primary N) is 1. The third-order valence-corrected chi connectivity index (χ3v) is 2.39. The van der Waals surface area contributed by atoms with Crippen molar-refractivity contribution in [3.63, 3.8) is 0 Å². The van der Waals surface area contributed by atoms with Gasteiger partial charge in [0.25, 0.3) is 0 Å². The van der Waals surface area contributed by atoms with Gasteiger partial charge in [-0.1, -0.05) is 13.8 Å². The summed E-state index contributed by atoms with van der Waals surface area (Å²) in [6.07, 6.45) is 3.68. The maximum Gasteiger partial charge on any atom is 0.355 e. The summed E-state index contributed by atoms with van der Waals surface area (Å²) in [7, 11) is 1.78. The summed E-state index contributed by atoms with van der Waals surface area (Å²) in [5, 5.41) is 0. The zero-order valence-electron chi connectivity index (χ0n) is 10.2. The Hall–Kier alpha value is -1.45. The van der Waals surface area contributed by atoms with E-state index < -0.39 is 0 Å². The Morgan fingerprint density at radius 1 is 1.56 bits per heavy atom. The second-order valence-corrected chi connectivity index (χ2v) is 4.44. The zero-order valence-corrected chi connectivity index (χ0v) is 10.2. The molecule has 4 nitrogen and oxygen atoms in total. The van der Waals surface area contributed by atoms with Crippen molar-refractivity contribution >= 4 is 11.7 Å². The third kappa shape index (κ3) is 3.61. The van der Waals surface area contributed by atoms with E-state index in [0.29, 0.717) is 23.9 Å². The molecule has 1 aromatic rings. The van der Waals surface area contributed by atoms with Crippen LogP contribution in [0.3, 0.4) is 0 Å². The van der Waals surface area contributed by atoms with Crippen LogP contribution in [-0.4, -0.2) is 17.1 Å². The van der Waals surface area contributed by atoms with Gasteiger partial charge in [0.2, 0.25) is 0 Å². The molecule has 0 saturated heterocycles. The molecule has 0 fully saturated rings. The number of hydrogen-bond acceptors (Lipinski definition) is 3. The Morgan fingerprint density at radius 3 is 2.75 bits per heavy atom. The Morgan fingerprint density at radius 2 is 2.25 bits per heavy atom. The summed E-state index contributed by atoms with van der Waals surface area (Å²) < 4.78 is 6.84. The molecule has 0 spiro atoms. The standard InChI is InChI=1S/C12H20N2O2/c1-9(2)5-4-6-16-12(15)11-7-10(13)8-14(11)3/h7-9H,4-6,13H2,1-3H3. The Labute approximate surface area is 96.4 Å². The molecule has 0 aliphatic carbocycles. The second kappa shape index (κ2) is 5.58. The van der Waals surface area contributed by atoms with Gasteiger partial charge in [-0.15, -0.1) is 0 Å². The molecule has 16 heavy (non-hydrogen) atoms. The van der Waals surface area contributed by atoms with Gasteiger partial charge >= 0.3 is 5.97 Å². The van der Waals surface area contributed by atoms with Crippen molar-refractivity contribution in [1.82, 2.24) is 4.57 Å². The molecule has 0 saturated carbocycles. The number of carbonyl (C=O) groups excluding carboxylic acids is 1. The summed E-state index contributed by atoms with van der Waals surface area (Å²) in [6.45, 7) is 4.78. The molecule has 1 heterocycles. The van der Waals surface area contributed by atoms with Crippen molar-refractivity contribution in [3.8, 4) is 0 Å². The van der Waals surface area contributed by atoms with E-state index in [4.69, 9.17) is 10.5 Å². The lowest BCUT2D eigenvalue weighted by Gasteiger charge is -2.06. The monoisotopic (exact) mass is 224 g/mol. The van der Waals surface area contributed by atoms with Crippen LogP contribution >= 0.6 is 0 Å². The van der Waals surface area contributed by atoms with Crippen molar-refractivity contribution in [2.45, 2.75) is 26.7 Å². The number of rotatable bonds is 5. The van der Waals surface area contributed by atoms with Crippen molar-refractivity contribution < 1.29 is 9.53 Å². The number of carbonyl (C=O) groups is 1. The fourth-order valence-corrected chi connectivity index (χ4v) is 1.52. The van der Waals surface area contributed by atoms with E-state index in [-0.39, 0.29) is 5.97 Å². The molecule has 0 aromatic carbocycles. The zero-order chi connectivity index (χ0) is 12.1. The number of nitrogens with zero attached hydrogens (tertiary/aromatic N) is 1. The first-order chi connectivity index (χ1) is 7.50. The van der Waals surface area contributed by atoms with Crippen molar-refractivity contribution in [3.05, 3.63) is 18.0 Å². The van der Waals surface area contributed by atoms with E-state index in [1.54, 1.807) is 23.9 Å². The Kier molecular flexibility index (Phi) is 4.40. The Bertz CT molecular complexity index is 356. The van der Waals surface area contributed by atoms with Crippen molar-refractivity contribution in [2.75, 3.05) is 12.3 Å². The van der Waals surface area contributed by atoms with Crippen LogP contribution in [-0.2, 0) is 11.8 Å². The number of anilines is 1. The average Bonchev–Trinajstić information content (AvgIpc) is 2.52. The van der Waals surface area contributed by atoms with Gasteiger partial charge in [-0.3, -0.25) is 0 Å². The lowest BCUT2D eigenvalue weighted by atomic mass is 10.1. The van der Waals surface area contributed by atoms with Gasteiger partial charge in [0, 0.05) is 13.2 Å². The van der Waals surface area contributed by atoms with Crippen LogP contribution in [0.5, 0.6) is 0 Å². The maximum atomic E-state index is 11.6. The van der Waals surface area contributed by atoms with Gasteiger partial charge in [-0.05, 0) is 24.8 Å². The number of aryl methyl sites for hydroxylation is 1. The van der Waals surface area contributed by atoms with Gasteiger partial charge in [0.1, 0.15) is 5.69 Å². The van der Waals surface area contributed by atoms with Crippen LogP contribution < -0.4 is 5.73 Å². The second-order valence-electron chi connectivity index (χ2n) is 4.44. The molecule has 90 valence electrons. The maximum absolute atomic E-state index is 11.6. The first kappa shape index (κ1) is 12.6. The van der Waals surface area contributed by atoms with Gasteiger partial charge < -0.3 is 15.0 Å². The average molecular weight is 224 g/mol. The largest absolute Gasteiger partial charge is 0.461 e. The molecule has 2 N–H and O–H groups in total. The summed E-state index contributed by atoms with van der Waals surface area (Å²) in [5.41, 5.74) is 6.67. The van der Waals surface area contributed by atoms with Crippen LogP contribution in [0.2, 0.25) is 0 Å². The van der Waals surface area contributed by atoms with Gasteiger partial charge in [0.05, 0.1) is 12.3 Å². The molecule has 0 aliphatic rings. The lowest BCUT2D eigenvalue weighted by Crippen LogP contribution is -2.10. The molecule has 1 rings (SSSR count). The summed E-state index contributed by atoms with van der Waals surface area (Å²) in [6, 6.07) is 1.63. The minimum atomic E-state index is -0.303. The normalized spacial score (nSPS) is 10.8. The first-order valence-corrected chi connectivity index (χ1v) is 5.59. The highest BCUT2D eigenvalue weighted by molar-refractivity contribution is 5.89. The molecule has 1 aromatic heterocycles. The molecular weight excluding hydrogens is 204 g/mol. The fourth-order valence-electron chi connectivity index (χ4n) is 1.52. The molecule has 0 bridgehead atoms. The summed E-state index contributed by atoms with van der Waals surface area (Å²) >= 11 is 0. The first-order valence-electron chi connectivity index (χ1n) is 5.59. The number of nitrogen functional groups attached to an aromatic ring is 1. The van der Waals surface area contributed by atoms with Gasteiger partial charge in [0.15, 0.2) is 0 Å². The van der Waals surface area contributed by atoms with Crippen LogP contribution in [0.1, 0.15) is 37.2 Å². The highest BCUT2D eigenvalue weighted by Gasteiger charge is 2.11. The number of hydrogen-bond donors (Lipinski definition) is 1. The Balaban J connectivity index is 2.38. The van der Waals surface area contributed by atoms with E-state index in [1.165, 1.54) is 0 Å². The highest BCUT2D eigenvalue weighted by Crippen LogP contribution is 2.10. The highest BCUT2D eigenvalue weighted by atomic mass is 16.5. The molecule has 0 radical (unpaired) electrons. The minimum Gasteiger partial charge on any atom is -0.461 e. The smallest absolute Gasteiger partial charge is 0.355 e. The number of esters is 1. The lowest BCUT2D eigenvalue weighted by molar-refractivity contribution is 0.0483. The van der Waals surface area contributed by atoms with Crippen LogP contribution in [0.4, 0.5) is 5.69 Å². The number of ether oxygens (including phenoxy) is 1. The molecule has 0 atom stereocenters. The molecule has 0 unspecified atom stereocenters. The number of aromatic nitrogens is 1. The van der Waals surface area contributed by atoms with Gasteiger partial charge in [-0.25, -0.2) is 4.79 Å². The van der Waals surface area contributed by atoms with Crippen LogP contribution in [0.25, 0.3) is 0 Å². The molecule has 0 aliphatic heterocycles. The van der Waals surface area contributed by atoms with Crippen LogP contribution in [0, 0.1) is 5.92 Å². The predicted octanol–water partition coefficient (Wildman–Crippen LogP) is 2.20. The van der Waals surface area contributed by atoms with E-state index >= 15 is 0 Å². The third-order valence-electron chi connectivity index (χ3n) is 2.39. The molecule has 0 amide bonds. The van der Waals surface area contributed by atoms with E-state index in [0.717, 1.165) is 12.8 Å². The minimum absolute atomic E-state index is 0.303.